The van der Waals surface area contributed by atoms with E-state index < -0.39 is 0 Å². The Labute approximate surface area is 204 Å². The summed E-state index contributed by atoms with van der Waals surface area (Å²) < 4.78 is 10.7. The number of allylic oxidation sites excluding steroid dienone is 1. The van der Waals surface area contributed by atoms with Crippen molar-refractivity contribution in [3.63, 3.8) is 0 Å². The second-order valence-electron chi connectivity index (χ2n) is 8.17. The molecule has 0 spiro atoms. The quantitative estimate of drug-likeness (QED) is 0.484. The molecule has 9 nitrogen and oxygen atoms in total. The molecule has 0 radical (unpaired) electrons. The van der Waals surface area contributed by atoms with Crippen LogP contribution in [-0.2, 0) is 17.8 Å². The predicted molar refractivity (Wildman–Crippen MR) is 135 cm³/mol. The number of nitrogens with zero attached hydrogens (tertiary/aromatic N) is 4. The first-order chi connectivity index (χ1) is 16.8. The van der Waals surface area contributed by atoms with Crippen LogP contribution >= 0.6 is 0 Å². The molecule has 0 fully saturated rings. The van der Waals surface area contributed by atoms with Crippen LogP contribution in [0.1, 0.15) is 16.7 Å². The summed E-state index contributed by atoms with van der Waals surface area (Å²) in [6, 6.07) is 10.8. The minimum Gasteiger partial charge on any atom is -0.497 e. The van der Waals surface area contributed by atoms with Crippen molar-refractivity contribution < 1.29 is 19.1 Å². The van der Waals surface area contributed by atoms with Crippen molar-refractivity contribution in [2.75, 3.05) is 36.4 Å². The lowest BCUT2D eigenvalue weighted by Gasteiger charge is -2.34. The van der Waals surface area contributed by atoms with Gasteiger partial charge >= 0.3 is 6.03 Å². The molecule has 180 valence electrons. The summed E-state index contributed by atoms with van der Waals surface area (Å²) in [7, 11) is 4.79. The molecule has 0 saturated carbocycles. The van der Waals surface area contributed by atoms with Crippen LogP contribution in [0.15, 0.2) is 55.3 Å². The van der Waals surface area contributed by atoms with Gasteiger partial charge < -0.3 is 14.8 Å². The summed E-state index contributed by atoms with van der Waals surface area (Å²) in [5.74, 6) is 1.93. The molecule has 2 aromatic carbocycles. The Morgan fingerprint density at radius 1 is 1.17 bits per heavy atom. The van der Waals surface area contributed by atoms with Crippen molar-refractivity contribution in [3.8, 4) is 11.5 Å². The summed E-state index contributed by atoms with van der Waals surface area (Å²) >= 11 is 0. The highest BCUT2D eigenvalue weighted by molar-refractivity contribution is 6.05. The minimum absolute atomic E-state index is 0.0791. The Hall–Kier alpha value is -4.40. The van der Waals surface area contributed by atoms with Gasteiger partial charge in [-0.25, -0.2) is 9.78 Å². The van der Waals surface area contributed by atoms with E-state index in [0.29, 0.717) is 35.5 Å². The third-order valence-electron chi connectivity index (χ3n) is 5.75. The highest BCUT2D eigenvalue weighted by Gasteiger charge is 2.31. The van der Waals surface area contributed by atoms with Gasteiger partial charge in [-0.3, -0.25) is 14.6 Å². The number of carbonyl (C=O) groups excluding carboxylic acids is 2. The van der Waals surface area contributed by atoms with Gasteiger partial charge in [-0.1, -0.05) is 24.3 Å². The number of ketones is 1. The molecule has 1 aliphatic rings. The van der Waals surface area contributed by atoms with Crippen LogP contribution < -0.4 is 24.6 Å². The normalized spacial score (nSPS) is 12.7. The molecule has 2 heterocycles. The summed E-state index contributed by atoms with van der Waals surface area (Å²) in [5, 5.41) is 3.19. The number of rotatable bonds is 8. The lowest BCUT2D eigenvalue weighted by Crippen LogP contribution is -2.46. The average Bonchev–Trinajstić information content (AvgIpc) is 2.87. The lowest BCUT2D eigenvalue weighted by molar-refractivity contribution is -0.114. The maximum Gasteiger partial charge on any atom is 0.330 e. The first-order valence-corrected chi connectivity index (χ1v) is 11.0. The molecule has 1 aromatic heterocycles. The molecule has 9 heteroatoms. The molecule has 0 aliphatic carbocycles. The number of hydrogen-bond acceptors (Lipinski definition) is 7. The summed E-state index contributed by atoms with van der Waals surface area (Å²) in [6.45, 7) is 5.81. The van der Waals surface area contributed by atoms with E-state index in [0.717, 1.165) is 22.4 Å². The van der Waals surface area contributed by atoms with Gasteiger partial charge in [-0.2, -0.15) is 4.98 Å². The first kappa shape index (κ1) is 23.7. The van der Waals surface area contributed by atoms with Crippen molar-refractivity contribution in [3.05, 3.63) is 71.9 Å². The Bertz CT molecular complexity index is 1280. The molecular weight excluding hydrogens is 446 g/mol. The van der Waals surface area contributed by atoms with E-state index in [2.05, 4.69) is 21.9 Å². The fourth-order valence-corrected chi connectivity index (χ4v) is 3.89. The number of benzene rings is 2. The van der Waals surface area contributed by atoms with E-state index >= 15 is 0 Å². The first-order valence-electron chi connectivity index (χ1n) is 11.0. The van der Waals surface area contributed by atoms with E-state index in [1.165, 1.54) is 11.0 Å². The second-order valence-corrected chi connectivity index (χ2v) is 8.17. The summed E-state index contributed by atoms with van der Waals surface area (Å²) in [6.07, 6.45) is 3.22. The van der Waals surface area contributed by atoms with Crippen molar-refractivity contribution in [2.24, 2.45) is 0 Å². The van der Waals surface area contributed by atoms with Crippen LogP contribution in [0.4, 0.5) is 27.9 Å². The van der Waals surface area contributed by atoms with Gasteiger partial charge in [-0.15, -0.1) is 0 Å². The number of aryl methyl sites for hydroxylation is 1. The molecule has 0 saturated heterocycles. The molecule has 0 unspecified atom stereocenters. The monoisotopic (exact) mass is 473 g/mol. The lowest BCUT2D eigenvalue weighted by atomic mass is 10.0. The molecule has 1 aliphatic heterocycles. The highest BCUT2D eigenvalue weighted by Crippen LogP contribution is 2.34. The third-order valence-corrected chi connectivity index (χ3v) is 5.75. The van der Waals surface area contributed by atoms with Crippen LogP contribution in [0, 0.1) is 6.92 Å². The number of anilines is 4. The van der Waals surface area contributed by atoms with Gasteiger partial charge in [0, 0.05) is 49.1 Å². The highest BCUT2D eigenvalue weighted by atomic mass is 16.5. The molecule has 0 atom stereocenters. The molecule has 2 amide bonds. The molecule has 4 rings (SSSR count). The average molecular weight is 474 g/mol. The number of nitrogens with one attached hydrogen (secondary N) is 1. The predicted octanol–water partition coefficient (Wildman–Crippen LogP) is 4.42. The van der Waals surface area contributed by atoms with Gasteiger partial charge in [0.05, 0.1) is 26.5 Å². The number of amides is 2. The van der Waals surface area contributed by atoms with E-state index in [1.54, 1.807) is 50.6 Å². The molecule has 1 N–H and O–H groups in total. The Morgan fingerprint density at radius 2 is 1.89 bits per heavy atom. The van der Waals surface area contributed by atoms with Gasteiger partial charge in [0.25, 0.3) is 0 Å². The largest absolute Gasteiger partial charge is 0.497 e. The maximum absolute atomic E-state index is 13.2. The smallest absolute Gasteiger partial charge is 0.330 e. The molecule has 0 bridgehead atoms. The van der Waals surface area contributed by atoms with Gasteiger partial charge in [-0.05, 0) is 24.6 Å². The topological polar surface area (TPSA) is 96.9 Å². The number of hydrogen-bond donors (Lipinski definition) is 1. The van der Waals surface area contributed by atoms with Gasteiger partial charge in [0.2, 0.25) is 5.95 Å². The number of aromatic nitrogens is 2. The van der Waals surface area contributed by atoms with Crippen LogP contribution in [0.5, 0.6) is 11.5 Å². The van der Waals surface area contributed by atoms with Crippen LogP contribution in [-0.4, -0.2) is 43.0 Å². The second kappa shape index (κ2) is 9.84. The number of carbonyl (C=O) groups is 2. The van der Waals surface area contributed by atoms with E-state index in [9.17, 15) is 9.59 Å². The van der Waals surface area contributed by atoms with Crippen LogP contribution in [0.25, 0.3) is 0 Å². The SMILES string of the molecule is C=CC(=O)Cc1cc(C)ccc1Nc1ncc2c(n1)N(C)C(=O)N(c1cc(OC)cc(OC)c1)C2. The minimum atomic E-state index is -0.245. The standard InChI is InChI=1S/C26H27N5O4/c1-6-20(32)10-17-9-16(2)7-8-23(17)28-25-27-14-18-15-31(26(33)30(3)24(18)29-25)19-11-21(34-4)13-22(12-19)35-5/h6-9,11-14H,1,10,15H2,2-5H3,(H,27,28,29). The number of methoxy groups -OCH3 is 2. The number of urea groups is 1. The van der Waals surface area contributed by atoms with Crippen LogP contribution in [0.2, 0.25) is 0 Å². The van der Waals surface area contributed by atoms with Crippen molar-refractivity contribution in [1.82, 2.24) is 9.97 Å². The maximum atomic E-state index is 13.2. The number of fused-ring (bicyclic) bond motifs is 1. The molecule has 3 aromatic rings. The van der Waals surface area contributed by atoms with E-state index in [1.807, 2.05) is 25.1 Å². The summed E-state index contributed by atoms with van der Waals surface area (Å²) in [5.41, 5.74) is 4.00. The van der Waals surface area contributed by atoms with Gasteiger partial charge in [0.1, 0.15) is 17.3 Å². The molecule has 35 heavy (non-hydrogen) atoms. The van der Waals surface area contributed by atoms with Crippen molar-refractivity contribution in [1.29, 1.82) is 0 Å². The van der Waals surface area contributed by atoms with Crippen LogP contribution in [0.3, 0.4) is 0 Å². The fraction of sp³-hybridized carbons (Fsp3) is 0.231. The Kier molecular flexibility index (Phi) is 6.68. The third kappa shape index (κ3) is 4.93. The zero-order chi connectivity index (χ0) is 25.1. The summed E-state index contributed by atoms with van der Waals surface area (Å²) in [4.78, 5) is 37.4. The van der Waals surface area contributed by atoms with E-state index in [-0.39, 0.29) is 18.2 Å². The zero-order valence-electron chi connectivity index (χ0n) is 20.2. The Morgan fingerprint density at radius 3 is 2.54 bits per heavy atom. The zero-order valence-corrected chi connectivity index (χ0v) is 20.2. The fourth-order valence-electron chi connectivity index (χ4n) is 3.89. The van der Waals surface area contributed by atoms with Crippen molar-refractivity contribution in [2.45, 2.75) is 19.9 Å². The van der Waals surface area contributed by atoms with Gasteiger partial charge in [0.15, 0.2) is 5.78 Å². The van der Waals surface area contributed by atoms with Crippen molar-refractivity contribution >= 4 is 35.0 Å². The van der Waals surface area contributed by atoms with E-state index in [4.69, 9.17) is 9.47 Å². The molecular formula is C26H27N5O4. The Balaban J connectivity index is 1.63. The number of ether oxygens (including phenoxy) is 2.